The van der Waals surface area contributed by atoms with Gasteiger partial charge in [0.25, 0.3) is 9.05 Å². The molecule has 7 heteroatoms. The van der Waals surface area contributed by atoms with Gasteiger partial charge in [-0.1, -0.05) is 26.3 Å². The van der Waals surface area contributed by atoms with Gasteiger partial charge in [0.15, 0.2) is 0 Å². The predicted octanol–water partition coefficient (Wildman–Crippen LogP) is 2.33. The van der Waals surface area contributed by atoms with E-state index in [2.05, 4.69) is 12.2 Å². The number of carbonyl (C=O) groups excluding carboxylic acids is 1. The first-order valence-corrected chi connectivity index (χ1v) is 8.97. The first-order valence-electron chi connectivity index (χ1n) is 6.66. The molecular weight excluding hydrogens is 314 g/mol. The van der Waals surface area contributed by atoms with Crippen LogP contribution in [-0.4, -0.2) is 28.0 Å². The summed E-state index contributed by atoms with van der Waals surface area (Å²) < 4.78 is 27.9. The Balaban J connectivity index is 2.83. The number of benzene rings is 1. The summed E-state index contributed by atoms with van der Waals surface area (Å²) in [7, 11) is 2.81. The molecule has 0 aliphatic carbocycles. The van der Waals surface area contributed by atoms with Crippen molar-refractivity contribution in [2.45, 2.75) is 31.6 Å². The second-order valence-electron chi connectivity index (χ2n) is 4.92. The molecular formula is C14H20ClNO4S. The van der Waals surface area contributed by atoms with Crippen LogP contribution in [0.4, 0.5) is 0 Å². The van der Waals surface area contributed by atoms with Crippen molar-refractivity contribution in [2.24, 2.45) is 5.92 Å². The molecule has 0 fully saturated rings. The third-order valence-electron chi connectivity index (χ3n) is 3.20. The number of ether oxygens (including phenoxy) is 1. The molecule has 1 aromatic carbocycles. The van der Waals surface area contributed by atoms with E-state index in [1.807, 2.05) is 6.92 Å². The van der Waals surface area contributed by atoms with E-state index in [1.165, 1.54) is 19.2 Å². The molecule has 0 aliphatic rings. The lowest BCUT2D eigenvalue weighted by molar-refractivity contribution is -0.120. The van der Waals surface area contributed by atoms with Crippen molar-refractivity contribution in [1.82, 2.24) is 5.32 Å². The minimum atomic E-state index is -3.92. The average Bonchev–Trinajstić information content (AvgIpc) is 2.43. The Hall–Kier alpha value is -1.27. The highest BCUT2D eigenvalue weighted by Gasteiger charge is 2.18. The van der Waals surface area contributed by atoms with Crippen LogP contribution < -0.4 is 10.1 Å². The van der Waals surface area contributed by atoms with E-state index in [4.69, 9.17) is 15.4 Å². The highest BCUT2D eigenvalue weighted by atomic mass is 35.7. The van der Waals surface area contributed by atoms with Crippen LogP contribution >= 0.6 is 10.7 Å². The third kappa shape index (κ3) is 5.55. The molecule has 5 nitrogen and oxygen atoms in total. The van der Waals surface area contributed by atoms with E-state index >= 15 is 0 Å². The largest absolute Gasteiger partial charge is 0.495 e. The molecule has 1 unspecified atom stereocenters. The number of amides is 1. The van der Waals surface area contributed by atoms with E-state index in [0.29, 0.717) is 18.0 Å². The van der Waals surface area contributed by atoms with Crippen molar-refractivity contribution in [2.75, 3.05) is 13.7 Å². The van der Waals surface area contributed by atoms with Gasteiger partial charge in [0.1, 0.15) is 10.6 Å². The van der Waals surface area contributed by atoms with Crippen LogP contribution in [-0.2, 0) is 20.3 Å². The second-order valence-corrected chi connectivity index (χ2v) is 7.45. The summed E-state index contributed by atoms with van der Waals surface area (Å²) in [5, 5.41) is 2.82. The molecule has 1 N–H and O–H groups in total. The zero-order valence-corrected chi connectivity index (χ0v) is 13.9. The normalized spacial score (nSPS) is 12.8. The minimum absolute atomic E-state index is 0.0971. The molecule has 1 atom stereocenters. The van der Waals surface area contributed by atoms with Crippen LogP contribution in [0.5, 0.6) is 5.75 Å². The number of hydrogen-bond donors (Lipinski definition) is 1. The van der Waals surface area contributed by atoms with Gasteiger partial charge >= 0.3 is 0 Å². The number of hydrogen-bond acceptors (Lipinski definition) is 4. The molecule has 0 aromatic heterocycles. The van der Waals surface area contributed by atoms with Crippen molar-refractivity contribution < 1.29 is 17.9 Å². The molecule has 0 spiro atoms. The fourth-order valence-electron chi connectivity index (χ4n) is 1.70. The van der Waals surface area contributed by atoms with E-state index in [1.54, 1.807) is 6.07 Å². The Morgan fingerprint density at radius 2 is 2.10 bits per heavy atom. The minimum Gasteiger partial charge on any atom is -0.495 e. The number of carbonyl (C=O) groups is 1. The molecule has 0 heterocycles. The van der Waals surface area contributed by atoms with Crippen LogP contribution in [0.25, 0.3) is 0 Å². The lowest BCUT2D eigenvalue weighted by Gasteiger charge is -2.11. The maximum atomic E-state index is 11.8. The van der Waals surface area contributed by atoms with E-state index in [0.717, 1.165) is 6.42 Å². The van der Waals surface area contributed by atoms with Crippen molar-refractivity contribution in [3.8, 4) is 5.75 Å². The number of rotatable bonds is 7. The lowest BCUT2D eigenvalue weighted by atomic mass is 10.1. The van der Waals surface area contributed by atoms with Gasteiger partial charge in [-0.3, -0.25) is 4.79 Å². The molecule has 0 radical (unpaired) electrons. The van der Waals surface area contributed by atoms with Crippen molar-refractivity contribution in [3.63, 3.8) is 0 Å². The molecule has 21 heavy (non-hydrogen) atoms. The summed E-state index contributed by atoms with van der Waals surface area (Å²) in [4.78, 5) is 11.7. The van der Waals surface area contributed by atoms with Crippen LogP contribution in [0.15, 0.2) is 23.1 Å². The second kappa shape index (κ2) is 7.66. The standard InChI is InChI=1S/C14H20ClNO4S/c1-4-10(2)9-16-14(17)8-11-5-6-12(20-3)13(7-11)21(15,18)19/h5-7,10H,4,8-9H2,1-3H3,(H,16,17). The highest BCUT2D eigenvalue weighted by molar-refractivity contribution is 8.13. The summed E-state index contributed by atoms with van der Waals surface area (Å²) in [6.07, 6.45) is 1.08. The smallest absolute Gasteiger partial charge is 0.264 e. The first-order chi connectivity index (χ1) is 9.77. The fraction of sp³-hybridized carbons (Fsp3) is 0.500. The quantitative estimate of drug-likeness (QED) is 0.777. The fourth-order valence-corrected chi connectivity index (χ4v) is 2.75. The number of nitrogens with one attached hydrogen (secondary N) is 1. The van der Waals surface area contributed by atoms with E-state index in [9.17, 15) is 13.2 Å². The molecule has 118 valence electrons. The lowest BCUT2D eigenvalue weighted by Crippen LogP contribution is -2.29. The topological polar surface area (TPSA) is 72.5 Å². The maximum absolute atomic E-state index is 11.8. The van der Waals surface area contributed by atoms with Crippen molar-refractivity contribution >= 4 is 25.6 Å². The zero-order valence-electron chi connectivity index (χ0n) is 12.3. The number of halogens is 1. The van der Waals surface area contributed by atoms with Gasteiger partial charge in [-0.25, -0.2) is 8.42 Å². The Morgan fingerprint density at radius 1 is 1.43 bits per heavy atom. The van der Waals surface area contributed by atoms with Crippen LogP contribution in [0, 0.1) is 5.92 Å². The predicted molar refractivity (Wildman–Crippen MR) is 82.2 cm³/mol. The van der Waals surface area contributed by atoms with Gasteiger partial charge in [0.2, 0.25) is 5.91 Å². The molecule has 1 aromatic rings. The molecule has 0 bridgehead atoms. The molecule has 0 saturated heterocycles. The monoisotopic (exact) mass is 333 g/mol. The van der Waals surface area contributed by atoms with E-state index in [-0.39, 0.29) is 23.0 Å². The zero-order chi connectivity index (χ0) is 16.0. The summed E-state index contributed by atoms with van der Waals surface area (Å²) >= 11 is 0. The molecule has 0 aliphatic heterocycles. The summed E-state index contributed by atoms with van der Waals surface area (Å²) in [5.74, 6) is 0.413. The van der Waals surface area contributed by atoms with Gasteiger partial charge in [-0.15, -0.1) is 0 Å². The SMILES string of the molecule is CCC(C)CNC(=O)Cc1ccc(OC)c(S(=O)(=O)Cl)c1. The molecule has 1 rings (SSSR count). The van der Waals surface area contributed by atoms with Crippen LogP contribution in [0.3, 0.4) is 0 Å². The van der Waals surface area contributed by atoms with Gasteiger partial charge in [-0.2, -0.15) is 0 Å². The van der Waals surface area contributed by atoms with Gasteiger partial charge in [-0.05, 0) is 23.6 Å². The van der Waals surface area contributed by atoms with E-state index < -0.39 is 9.05 Å². The highest BCUT2D eigenvalue weighted by Crippen LogP contribution is 2.27. The van der Waals surface area contributed by atoms with Gasteiger partial charge < -0.3 is 10.1 Å². The molecule has 0 saturated carbocycles. The van der Waals surface area contributed by atoms with Crippen molar-refractivity contribution in [3.05, 3.63) is 23.8 Å². The summed E-state index contributed by atoms with van der Waals surface area (Å²) in [6.45, 7) is 4.70. The van der Waals surface area contributed by atoms with Crippen LogP contribution in [0.1, 0.15) is 25.8 Å². The van der Waals surface area contributed by atoms with Gasteiger partial charge in [0.05, 0.1) is 13.5 Å². The summed E-state index contributed by atoms with van der Waals surface area (Å²) in [6, 6.07) is 4.50. The maximum Gasteiger partial charge on any atom is 0.264 e. The Kier molecular flexibility index (Phi) is 6.48. The third-order valence-corrected chi connectivity index (χ3v) is 4.54. The van der Waals surface area contributed by atoms with Crippen LogP contribution in [0.2, 0.25) is 0 Å². The Morgan fingerprint density at radius 3 is 2.62 bits per heavy atom. The average molecular weight is 334 g/mol. The Bertz CT molecular complexity index is 601. The van der Waals surface area contributed by atoms with Gasteiger partial charge in [0, 0.05) is 17.2 Å². The Labute approximate surface area is 130 Å². The number of methoxy groups -OCH3 is 1. The summed E-state index contributed by atoms with van der Waals surface area (Å²) in [5.41, 5.74) is 0.566. The first kappa shape index (κ1) is 17.8. The molecule has 1 amide bonds. The van der Waals surface area contributed by atoms with Crippen molar-refractivity contribution in [1.29, 1.82) is 0 Å².